The van der Waals surface area contributed by atoms with E-state index < -0.39 is 0 Å². The number of benzene rings is 1. The van der Waals surface area contributed by atoms with Gasteiger partial charge in [0.05, 0.1) is 0 Å². The summed E-state index contributed by atoms with van der Waals surface area (Å²) in [4.78, 5) is 2.69. The Morgan fingerprint density at radius 2 is 1.59 bits per heavy atom. The van der Waals surface area contributed by atoms with Crippen LogP contribution in [0.1, 0.15) is 97.3 Å². The van der Waals surface area contributed by atoms with Gasteiger partial charge in [-0.15, -0.1) is 0 Å². The van der Waals surface area contributed by atoms with Crippen LogP contribution in [0.3, 0.4) is 0 Å². The largest absolute Gasteiger partial charge is 0.341 e. The summed E-state index contributed by atoms with van der Waals surface area (Å²) in [6.45, 7) is 4.98. The Hall–Kier alpha value is -2.80. The number of anilines is 1. The minimum absolute atomic E-state index is 0.356. The molecule has 0 radical (unpaired) electrons. The first-order valence-corrected chi connectivity index (χ1v) is 16.7. The lowest BCUT2D eigenvalue weighted by Gasteiger charge is -2.45. The third-order valence-corrected chi connectivity index (χ3v) is 11.1. The zero-order valence-corrected chi connectivity index (χ0v) is 25.6. The molecule has 0 aliphatic heterocycles. The van der Waals surface area contributed by atoms with Crippen LogP contribution in [0.15, 0.2) is 114 Å². The fourth-order valence-electron chi connectivity index (χ4n) is 8.46. The second kappa shape index (κ2) is 13.0. The van der Waals surface area contributed by atoms with Crippen molar-refractivity contribution in [1.82, 2.24) is 0 Å². The average molecular weight is 546 g/mol. The van der Waals surface area contributed by atoms with Crippen molar-refractivity contribution >= 4 is 5.69 Å². The van der Waals surface area contributed by atoms with Crippen LogP contribution in [0.25, 0.3) is 0 Å². The summed E-state index contributed by atoms with van der Waals surface area (Å²) < 4.78 is 0. The molecule has 0 spiro atoms. The van der Waals surface area contributed by atoms with Gasteiger partial charge in [0.15, 0.2) is 0 Å². The van der Waals surface area contributed by atoms with Crippen LogP contribution in [0.2, 0.25) is 0 Å². The third-order valence-electron chi connectivity index (χ3n) is 11.1. The Morgan fingerprint density at radius 3 is 2.24 bits per heavy atom. The maximum absolute atomic E-state index is 2.69. The van der Waals surface area contributed by atoms with Crippen molar-refractivity contribution in [2.45, 2.75) is 103 Å². The highest BCUT2D eigenvalue weighted by Gasteiger charge is 2.38. The Kier molecular flexibility index (Phi) is 8.99. The van der Waals surface area contributed by atoms with Crippen molar-refractivity contribution in [2.24, 2.45) is 23.2 Å². The van der Waals surface area contributed by atoms with Gasteiger partial charge in [-0.25, -0.2) is 0 Å². The molecule has 6 rings (SSSR count). The molecule has 0 saturated heterocycles. The lowest BCUT2D eigenvalue weighted by molar-refractivity contribution is 0.168. The van der Waals surface area contributed by atoms with Gasteiger partial charge < -0.3 is 4.90 Å². The molecule has 0 heterocycles. The highest BCUT2D eigenvalue weighted by molar-refractivity contribution is 5.55. The Morgan fingerprint density at radius 1 is 0.805 bits per heavy atom. The minimum atomic E-state index is 0.356. The molecule has 5 aliphatic rings. The van der Waals surface area contributed by atoms with Crippen LogP contribution in [-0.2, 0) is 0 Å². The van der Waals surface area contributed by atoms with Gasteiger partial charge in [0.2, 0.25) is 0 Å². The number of allylic oxidation sites excluding steroid dienone is 13. The average Bonchev–Trinajstić information content (AvgIpc) is 3.03. The second-order valence-corrected chi connectivity index (χ2v) is 13.7. The van der Waals surface area contributed by atoms with Gasteiger partial charge in [0, 0.05) is 17.4 Å². The number of para-hydroxylation sites is 1. The van der Waals surface area contributed by atoms with Crippen molar-refractivity contribution < 1.29 is 0 Å². The first-order valence-electron chi connectivity index (χ1n) is 16.7. The number of nitrogens with zero attached hydrogens (tertiary/aromatic N) is 1. The van der Waals surface area contributed by atoms with Crippen LogP contribution >= 0.6 is 0 Å². The lowest BCUT2D eigenvalue weighted by Crippen LogP contribution is -2.40. The maximum Gasteiger partial charge on any atom is 0.0411 e. The van der Waals surface area contributed by atoms with Gasteiger partial charge in [-0.1, -0.05) is 103 Å². The summed E-state index contributed by atoms with van der Waals surface area (Å²) in [6, 6.07) is 11.7. The molecule has 1 aromatic rings. The fraction of sp³-hybridized carbons (Fsp3) is 0.500. The lowest BCUT2D eigenvalue weighted by atomic mass is 9.62. The zero-order valence-electron chi connectivity index (χ0n) is 25.6. The molecule has 3 atom stereocenters. The fourth-order valence-corrected chi connectivity index (χ4v) is 8.46. The summed E-state index contributed by atoms with van der Waals surface area (Å²) >= 11 is 0. The first kappa shape index (κ1) is 28.3. The SMILES string of the molecule is CC1C=CCCC1N(C1=CC=C(C2(C)CCC(C(CC3=CC=CCC3)C3=CC=CCC3)CC2)CC1)c1ccccc1. The van der Waals surface area contributed by atoms with Gasteiger partial charge in [-0.2, -0.15) is 0 Å². The van der Waals surface area contributed by atoms with Gasteiger partial charge in [0.25, 0.3) is 0 Å². The van der Waals surface area contributed by atoms with Crippen LogP contribution in [0, 0.1) is 23.2 Å². The molecule has 1 saturated carbocycles. The molecule has 0 amide bonds. The van der Waals surface area contributed by atoms with Crippen LogP contribution in [0.5, 0.6) is 0 Å². The quantitative estimate of drug-likeness (QED) is 0.294. The summed E-state index contributed by atoms with van der Waals surface area (Å²) in [5.74, 6) is 2.14. The molecule has 1 aromatic carbocycles. The van der Waals surface area contributed by atoms with Crippen molar-refractivity contribution in [3.05, 3.63) is 114 Å². The van der Waals surface area contributed by atoms with Crippen molar-refractivity contribution in [3.63, 3.8) is 0 Å². The van der Waals surface area contributed by atoms with Gasteiger partial charge in [-0.05, 0) is 125 Å². The van der Waals surface area contributed by atoms with E-state index in [0.717, 1.165) is 18.3 Å². The van der Waals surface area contributed by atoms with E-state index in [1.165, 1.54) is 88.4 Å². The topological polar surface area (TPSA) is 3.24 Å². The van der Waals surface area contributed by atoms with Crippen molar-refractivity contribution in [2.75, 3.05) is 4.90 Å². The Balaban J connectivity index is 1.17. The highest BCUT2D eigenvalue weighted by atomic mass is 15.2. The molecular formula is C40H51N. The molecule has 0 N–H and O–H groups in total. The molecule has 0 aromatic heterocycles. The molecule has 41 heavy (non-hydrogen) atoms. The van der Waals surface area contributed by atoms with Crippen molar-refractivity contribution in [3.8, 4) is 0 Å². The van der Waals surface area contributed by atoms with E-state index in [1.54, 1.807) is 16.7 Å². The standard InChI is InChI=1S/C40H51N/c1-31-14-12-13-21-39(31)41(36-19-10-5-11-20-36)37-24-22-35(23-25-37)40(2)28-26-34(27-29-40)38(33-17-8-4-9-18-33)30-32-15-6-3-7-16-32/h3-6,8,10-12,14-15,17,19-20,22,24,31,34,38-39H,7,9,13,16,18,21,23,25-30H2,1-2H3. The number of hydrogen-bond donors (Lipinski definition) is 0. The predicted octanol–water partition coefficient (Wildman–Crippen LogP) is 11.2. The van der Waals surface area contributed by atoms with Crippen LogP contribution < -0.4 is 4.90 Å². The van der Waals surface area contributed by atoms with E-state index in [1.807, 2.05) is 0 Å². The maximum atomic E-state index is 2.69. The smallest absolute Gasteiger partial charge is 0.0411 e. The van der Waals surface area contributed by atoms with Gasteiger partial charge in [0.1, 0.15) is 0 Å². The molecular weight excluding hydrogens is 494 g/mol. The molecule has 5 aliphatic carbocycles. The summed E-state index contributed by atoms with van der Waals surface area (Å²) in [6.07, 6.45) is 40.6. The number of rotatable bonds is 8. The zero-order chi connectivity index (χ0) is 28.1. The molecule has 0 bridgehead atoms. The molecule has 1 nitrogen and oxygen atoms in total. The predicted molar refractivity (Wildman–Crippen MR) is 177 cm³/mol. The summed E-state index contributed by atoms with van der Waals surface area (Å²) in [5, 5.41) is 0. The first-order chi connectivity index (χ1) is 20.1. The van der Waals surface area contributed by atoms with E-state index in [2.05, 4.69) is 110 Å². The normalized spacial score (nSPS) is 30.6. The minimum Gasteiger partial charge on any atom is -0.341 e. The van der Waals surface area contributed by atoms with E-state index in [4.69, 9.17) is 0 Å². The van der Waals surface area contributed by atoms with Gasteiger partial charge >= 0.3 is 0 Å². The second-order valence-electron chi connectivity index (χ2n) is 13.7. The molecule has 3 unspecified atom stereocenters. The molecule has 1 heteroatoms. The van der Waals surface area contributed by atoms with Crippen LogP contribution in [-0.4, -0.2) is 6.04 Å². The van der Waals surface area contributed by atoms with E-state index in [0.29, 0.717) is 17.4 Å². The van der Waals surface area contributed by atoms with Gasteiger partial charge in [-0.3, -0.25) is 0 Å². The third kappa shape index (κ3) is 6.50. The Labute approximate surface area is 250 Å². The molecule has 216 valence electrons. The van der Waals surface area contributed by atoms with E-state index in [9.17, 15) is 0 Å². The highest BCUT2D eigenvalue weighted by Crippen LogP contribution is 2.51. The monoisotopic (exact) mass is 545 g/mol. The number of hydrogen-bond acceptors (Lipinski definition) is 1. The van der Waals surface area contributed by atoms with Crippen LogP contribution in [0.4, 0.5) is 5.69 Å². The Bertz CT molecular complexity index is 1260. The van der Waals surface area contributed by atoms with E-state index in [-0.39, 0.29) is 0 Å². The molecule has 1 fully saturated rings. The van der Waals surface area contributed by atoms with E-state index >= 15 is 0 Å². The van der Waals surface area contributed by atoms with Crippen molar-refractivity contribution in [1.29, 1.82) is 0 Å². The summed E-state index contributed by atoms with van der Waals surface area (Å²) in [7, 11) is 0. The summed E-state index contributed by atoms with van der Waals surface area (Å²) in [5.41, 5.74) is 8.34.